The summed E-state index contributed by atoms with van der Waals surface area (Å²) >= 11 is 5.90. The van der Waals surface area contributed by atoms with E-state index in [1.807, 2.05) is 67.6 Å². The molecule has 0 unspecified atom stereocenters. The van der Waals surface area contributed by atoms with Gasteiger partial charge in [-0.15, -0.1) is 0 Å². The molecular formula is C26H27ClN2O3. The fraction of sp³-hybridized carbons (Fsp3) is 0.231. The minimum absolute atomic E-state index is 0.107. The van der Waals surface area contributed by atoms with Crippen molar-refractivity contribution in [2.45, 2.75) is 33.3 Å². The van der Waals surface area contributed by atoms with Gasteiger partial charge in [0.2, 0.25) is 0 Å². The van der Waals surface area contributed by atoms with Crippen molar-refractivity contribution < 1.29 is 14.3 Å². The zero-order valence-corrected chi connectivity index (χ0v) is 19.2. The molecule has 0 aliphatic heterocycles. The average Bonchev–Trinajstić information content (AvgIpc) is 2.78. The molecule has 0 aliphatic carbocycles. The third kappa shape index (κ3) is 7.13. The maximum Gasteiger partial charge on any atom is 0.277 e. The molecule has 0 radical (unpaired) electrons. The molecule has 3 aromatic rings. The van der Waals surface area contributed by atoms with Crippen molar-refractivity contribution in [1.29, 1.82) is 0 Å². The highest BCUT2D eigenvalue weighted by molar-refractivity contribution is 6.30. The number of rotatable bonds is 9. The smallest absolute Gasteiger partial charge is 0.277 e. The SMILES string of the molecule is Cc1ccc(C(C)C)cc1OCC(=O)N/N=C\c1cccc(OCc2ccc(Cl)cc2)c1. The molecule has 0 aliphatic rings. The van der Waals surface area contributed by atoms with Crippen LogP contribution in [0.15, 0.2) is 71.8 Å². The summed E-state index contributed by atoms with van der Waals surface area (Å²) in [5.41, 5.74) is 6.48. The minimum atomic E-state index is -0.328. The number of carbonyl (C=O) groups excluding carboxylic acids is 1. The number of benzene rings is 3. The van der Waals surface area contributed by atoms with Crippen LogP contribution in [-0.2, 0) is 11.4 Å². The maximum atomic E-state index is 12.1. The molecule has 0 heterocycles. The highest BCUT2D eigenvalue weighted by Gasteiger charge is 2.07. The Labute approximate surface area is 194 Å². The number of amides is 1. The van der Waals surface area contributed by atoms with Crippen LogP contribution in [0.4, 0.5) is 0 Å². The lowest BCUT2D eigenvalue weighted by Crippen LogP contribution is -2.24. The van der Waals surface area contributed by atoms with Crippen LogP contribution < -0.4 is 14.9 Å². The zero-order chi connectivity index (χ0) is 22.9. The molecule has 166 valence electrons. The molecule has 32 heavy (non-hydrogen) atoms. The van der Waals surface area contributed by atoms with Gasteiger partial charge < -0.3 is 9.47 Å². The minimum Gasteiger partial charge on any atom is -0.489 e. The maximum absolute atomic E-state index is 12.1. The van der Waals surface area contributed by atoms with E-state index in [4.69, 9.17) is 21.1 Å². The molecule has 5 nitrogen and oxygen atoms in total. The van der Waals surface area contributed by atoms with E-state index < -0.39 is 0 Å². The molecule has 6 heteroatoms. The van der Waals surface area contributed by atoms with Crippen molar-refractivity contribution in [3.05, 3.63) is 94.0 Å². The van der Waals surface area contributed by atoms with E-state index in [9.17, 15) is 4.79 Å². The van der Waals surface area contributed by atoms with Gasteiger partial charge in [-0.3, -0.25) is 4.79 Å². The molecule has 3 rings (SSSR count). The highest BCUT2D eigenvalue weighted by Crippen LogP contribution is 2.24. The first-order valence-corrected chi connectivity index (χ1v) is 10.8. The fourth-order valence-corrected chi connectivity index (χ4v) is 3.04. The van der Waals surface area contributed by atoms with Gasteiger partial charge in [-0.2, -0.15) is 5.10 Å². The zero-order valence-electron chi connectivity index (χ0n) is 18.5. The van der Waals surface area contributed by atoms with Gasteiger partial charge in [0.15, 0.2) is 6.61 Å². The van der Waals surface area contributed by atoms with E-state index in [2.05, 4.69) is 30.4 Å². The Kier molecular flexibility index (Phi) is 8.28. The molecule has 0 bridgehead atoms. The lowest BCUT2D eigenvalue weighted by molar-refractivity contribution is -0.123. The second-order valence-corrected chi connectivity index (χ2v) is 8.19. The van der Waals surface area contributed by atoms with Crippen molar-refractivity contribution >= 4 is 23.7 Å². The monoisotopic (exact) mass is 450 g/mol. The first-order chi connectivity index (χ1) is 15.4. The van der Waals surface area contributed by atoms with Crippen molar-refractivity contribution in [3.8, 4) is 11.5 Å². The van der Waals surface area contributed by atoms with Crippen LogP contribution in [0.5, 0.6) is 11.5 Å². The summed E-state index contributed by atoms with van der Waals surface area (Å²) in [5.74, 6) is 1.48. The molecule has 0 saturated carbocycles. The van der Waals surface area contributed by atoms with Crippen molar-refractivity contribution in [3.63, 3.8) is 0 Å². The standard InChI is InChI=1S/C26H27ClN2O3/c1-18(2)22-10-7-19(3)25(14-22)32-17-26(30)29-28-15-21-5-4-6-24(13-21)31-16-20-8-11-23(27)12-9-20/h4-15,18H,16-17H2,1-3H3,(H,29,30)/b28-15-. The second kappa shape index (κ2) is 11.3. The largest absolute Gasteiger partial charge is 0.489 e. The first-order valence-electron chi connectivity index (χ1n) is 10.4. The quantitative estimate of drug-likeness (QED) is 0.327. The Hall–Kier alpha value is -3.31. The van der Waals surface area contributed by atoms with Gasteiger partial charge in [0.05, 0.1) is 6.21 Å². The predicted molar refractivity (Wildman–Crippen MR) is 129 cm³/mol. The fourth-order valence-electron chi connectivity index (χ4n) is 2.92. The molecule has 3 aromatic carbocycles. The summed E-state index contributed by atoms with van der Waals surface area (Å²) in [5, 5.41) is 4.71. The van der Waals surface area contributed by atoms with E-state index >= 15 is 0 Å². The van der Waals surface area contributed by atoms with Gasteiger partial charge in [0.1, 0.15) is 18.1 Å². The summed E-state index contributed by atoms with van der Waals surface area (Å²) in [6, 6.07) is 21.0. The van der Waals surface area contributed by atoms with Gasteiger partial charge in [0, 0.05) is 5.02 Å². The number of hydrogen-bond acceptors (Lipinski definition) is 4. The molecule has 1 N–H and O–H groups in total. The number of aryl methyl sites for hydroxylation is 1. The predicted octanol–water partition coefficient (Wildman–Crippen LogP) is 5.88. The Morgan fingerprint density at radius 3 is 2.59 bits per heavy atom. The van der Waals surface area contributed by atoms with Crippen LogP contribution in [0.3, 0.4) is 0 Å². The molecule has 0 aromatic heterocycles. The number of halogens is 1. The topological polar surface area (TPSA) is 59.9 Å². The number of carbonyl (C=O) groups is 1. The molecule has 0 fully saturated rings. The van der Waals surface area contributed by atoms with Crippen LogP contribution in [0, 0.1) is 6.92 Å². The number of nitrogens with one attached hydrogen (secondary N) is 1. The summed E-state index contributed by atoms with van der Waals surface area (Å²) < 4.78 is 11.5. The Bertz CT molecular complexity index is 1080. The third-order valence-corrected chi connectivity index (χ3v) is 5.07. The van der Waals surface area contributed by atoms with Crippen LogP contribution in [0.1, 0.15) is 42.0 Å². The normalized spacial score (nSPS) is 11.0. The average molecular weight is 451 g/mol. The molecule has 0 atom stereocenters. The highest BCUT2D eigenvalue weighted by atomic mass is 35.5. The summed E-state index contributed by atoms with van der Waals surface area (Å²) in [6.45, 7) is 6.52. The van der Waals surface area contributed by atoms with Gasteiger partial charge in [-0.1, -0.05) is 61.8 Å². The van der Waals surface area contributed by atoms with E-state index in [0.717, 1.165) is 16.7 Å². The number of hydrogen-bond donors (Lipinski definition) is 1. The number of nitrogens with zero attached hydrogens (tertiary/aromatic N) is 1. The molecule has 0 spiro atoms. The number of hydrazone groups is 1. The second-order valence-electron chi connectivity index (χ2n) is 7.75. The van der Waals surface area contributed by atoms with Gasteiger partial charge in [-0.25, -0.2) is 5.43 Å². The van der Waals surface area contributed by atoms with Crippen LogP contribution in [0.2, 0.25) is 5.02 Å². The summed E-state index contributed by atoms with van der Waals surface area (Å²) in [6.07, 6.45) is 1.57. The van der Waals surface area contributed by atoms with Crippen molar-refractivity contribution in [1.82, 2.24) is 5.43 Å². The molecule has 1 amide bonds. The van der Waals surface area contributed by atoms with Crippen LogP contribution >= 0.6 is 11.6 Å². The van der Waals surface area contributed by atoms with Gasteiger partial charge in [-0.05, 0) is 65.4 Å². The third-order valence-electron chi connectivity index (χ3n) is 4.82. The first kappa shape index (κ1) is 23.4. The lowest BCUT2D eigenvalue weighted by atomic mass is 10.0. The van der Waals surface area contributed by atoms with Crippen molar-refractivity contribution in [2.24, 2.45) is 5.10 Å². The van der Waals surface area contributed by atoms with Crippen molar-refractivity contribution in [2.75, 3.05) is 6.61 Å². The summed E-state index contributed by atoms with van der Waals surface area (Å²) in [7, 11) is 0. The van der Waals surface area contributed by atoms with Gasteiger partial charge in [0.25, 0.3) is 5.91 Å². The van der Waals surface area contributed by atoms with Crippen LogP contribution in [-0.4, -0.2) is 18.7 Å². The summed E-state index contributed by atoms with van der Waals surface area (Å²) in [4.78, 5) is 12.1. The lowest BCUT2D eigenvalue weighted by Gasteiger charge is -2.12. The Balaban J connectivity index is 1.49. The molecule has 0 saturated heterocycles. The van der Waals surface area contributed by atoms with E-state index in [1.165, 1.54) is 5.56 Å². The Morgan fingerprint density at radius 2 is 1.84 bits per heavy atom. The van der Waals surface area contributed by atoms with Gasteiger partial charge >= 0.3 is 0 Å². The Morgan fingerprint density at radius 1 is 1.06 bits per heavy atom. The van der Waals surface area contributed by atoms with E-state index in [1.54, 1.807) is 6.21 Å². The van der Waals surface area contributed by atoms with E-state index in [0.29, 0.717) is 29.0 Å². The van der Waals surface area contributed by atoms with Crippen LogP contribution in [0.25, 0.3) is 0 Å². The number of ether oxygens (including phenoxy) is 2. The molecular weight excluding hydrogens is 424 g/mol. The van der Waals surface area contributed by atoms with E-state index in [-0.39, 0.29) is 12.5 Å².